The van der Waals surface area contributed by atoms with Crippen LogP contribution < -0.4 is 11.1 Å². The van der Waals surface area contributed by atoms with E-state index in [9.17, 15) is 27.9 Å². The van der Waals surface area contributed by atoms with E-state index in [4.69, 9.17) is 5.73 Å². The van der Waals surface area contributed by atoms with E-state index in [1.807, 2.05) is 0 Å². The Kier molecular flexibility index (Phi) is 6.14. The molecule has 0 unspecified atom stereocenters. The summed E-state index contributed by atoms with van der Waals surface area (Å²) in [5, 5.41) is 11.5. The second kappa shape index (κ2) is 7.45. The van der Waals surface area contributed by atoms with Crippen LogP contribution in [0.4, 0.5) is 13.2 Å². The van der Waals surface area contributed by atoms with Crippen LogP contribution >= 0.6 is 0 Å². The molecule has 0 radical (unpaired) electrons. The van der Waals surface area contributed by atoms with E-state index < -0.39 is 36.1 Å². The van der Waals surface area contributed by atoms with Crippen LogP contribution in [0.25, 0.3) is 0 Å². The predicted molar refractivity (Wildman–Crippen MR) is 77.5 cm³/mol. The molecule has 0 fully saturated rings. The Bertz CT molecular complexity index is 573. The van der Waals surface area contributed by atoms with Gasteiger partial charge in [-0.3, -0.25) is 9.59 Å². The smallest absolute Gasteiger partial charge is 0.382 e. The topological polar surface area (TPSA) is 92.4 Å². The monoisotopic (exact) mass is 332 g/mol. The molecule has 0 aliphatic carbocycles. The van der Waals surface area contributed by atoms with Crippen molar-refractivity contribution in [3.8, 4) is 0 Å². The maximum absolute atomic E-state index is 12.6. The maximum atomic E-state index is 12.6. The summed E-state index contributed by atoms with van der Waals surface area (Å²) >= 11 is 0. The number of benzene rings is 1. The van der Waals surface area contributed by atoms with Gasteiger partial charge in [0.1, 0.15) is 0 Å². The van der Waals surface area contributed by atoms with Gasteiger partial charge >= 0.3 is 6.18 Å². The molecule has 5 nitrogen and oxygen atoms in total. The summed E-state index contributed by atoms with van der Waals surface area (Å²) in [6, 6.07) is 4.48. The minimum atomic E-state index is -4.83. The molecule has 128 valence electrons. The number of nitrogens with one attached hydrogen (secondary N) is 1. The SMILES string of the molecule is CC(C)[C@H](NC(=O)Cc1cccc(C(N)=O)c1)[C@H](O)C(F)(F)F. The largest absolute Gasteiger partial charge is 0.416 e. The van der Waals surface area contributed by atoms with Gasteiger partial charge < -0.3 is 16.2 Å². The molecule has 0 aliphatic heterocycles. The maximum Gasteiger partial charge on any atom is 0.416 e. The van der Waals surface area contributed by atoms with Crippen molar-refractivity contribution in [3.05, 3.63) is 35.4 Å². The van der Waals surface area contributed by atoms with Crippen molar-refractivity contribution in [2.75, 3.05) is 0 Å². The van der Waals surface area contributed by atoms with Crippen molar-refractivity contribution in [1.29, 1.82) is 0 Å². The Hall–Kier alpha value is -2.09. The van der Waals surface area contributed by atoms with Gasteiger partial charge in [-0.25, -0.2) is 0 Å². The first-order valence-corrected chi connectivity index (χ1v) is 6.95. The molecule has 8 heteroatoms. The third kappa shape index (κ3) is 5.55. The quantitative estimate of drug-likeness (QED) is 0.735. The molecule has 2 atom stereocenters. The summed E-state index contributed by atoms with van der Waals surface area (Å²) < 4.78 is 37.9. The molecule has 1 aromatic carbocycles. The molecule has 0 saturated carbocycles. The highest BCUT2D eigenvalue weighted by Crippen LogP contribution is 2.25. The number of alkyl halides is 3. The number of rotatable bonds is 6. The molecule has 1 aromatic rings. The third-order valence-electron chi connectivity index (χ3n) is 3.30. The Morgan fingerprint density at radius 1 is 1.30 bits per heavy atom. The van der Waals surface area contributed by atoms with Crippen molar-refractivity contribution >= 4 is 11.8 Å². The van der Waals surface area contributed by atoms with Crippen LogP contribution in [0.15, 0.2) is 24.3 Å². The van der Waals surface area contributed by atoms with Crippen LogP contribution in [-0.4, -0.2) is 35.2 Å². The minimum absolute atomic E-state index is 0.200. The van der Waals surface area contributed by atoms with E-state index in [0.717, 1.165) is 0 Å². The lowest BCUT2D eigenvalue weighted by Gasteiger charge is -2.28. The first-order valence-electron chi connectivity index (χ1n) is 6.95. The highest BCUT2D eigenvalue weighted by Gasteiger charge is 2.45. The Balaban J connectivity index is 2.81. The number of amides is 2. The number of aliphatic hydroxyl groups is 1. The van der Waals surface area contributed by atoms with E-state index in [2.05, 4.69) is 5.32 Å². The van der Waals surface area contributed by atoms with Gasteiger partial charge in [0.15, 0.2) is 6.10 Å². The minimum Gasteiger partial charge on any atom is -0.382 e. The van der Waals surface area contributed by atoms with Gasteiger partial charge in [0.25, 0.3) is 0 Å². The van der Waals surface area contributed by atoms with Crippen LogP contribution in [-0.2, 0) is 11.2 Å². The molecule has 0 saturated heterocycles. The van der Waals surface area contributed by atoms with Crippen LogP contribution in [0.5, 0.6) is 0 Å². The van der Waals surface area contributed by atoms with Gasteiger partial charge in [-0.15, -0.1) is 0 Å². The first kappa shape index (κ1) is 19.0. The lowest BCUT2D eigenvalue weighted by Crippen LogP contribution is -2.53. The molecule has 4 N–H and O–H groups in total. The fourth-order valence-electron chi connectivity index (χ4n) is 2.07. The van der Waals surface area contributed by atoms with Crippen molar-refractivity contribution < 1.29 is 27.9 Å². The Morgan fingerprint density at radius 2 is 1.91 bits per heavy atom. The van der Waals surface area contributed by atoms with E-state index >= 15 is 0 Å². The van der Waals surface area contributed by atoms with Crippen LogP contribution in [0, 0.1) is 5.92 Å². The van der Waals surface area contributed by atoms with Crippen molar-refractivity contribution in [2.24, 2.45) is 11.7 Å². The van der Waals surface area contributed by atoms with Gasteiger partial charge in [-0.1, -0.05) is 26.0 Å². The molecule has 0 heterocycles. The second-order valence-corrected chi connectivity index (χ2v) is 5.57. The van der Waals surface area contributed by atoms with Gasteiger partial charge in [0.05, 0.1) is 12.5 Å². The molecule has 0 spiro atoms. The fraction of sp³-hybridized carbons (Fsp3) is 0.467. The molecule has 1 rings (SSSR count). The number of aliphatic hydroxyl groups excluding tert-OH is 1. The summed E-state index contributed by atoms with van der Waals surface area (Å²) in [6.07, 6.45) is -7.70. The number of halogens is 3. The number of primary amides is 1. The summed E-state index contributed by atoms with van der Waals surface area (Å²) in [7, 11) is 0. The summed E-state index contributed by atoms with van der Waals surface area (Å²) in [5.74, 6) is -1.97. The van der Waals surface area contributed by atoms with Crippen molar-refractivity contribution in [1.82, 2.24) is 5.32 Å². The highest BCUT2D eigenvalue weighted by atomic mass is 19.4. The van der Waals surface area contributed by atoms with Crippen LogP contribution in [0.3, 0.4) is 0 Å². The number of nitrogens with two attached hydrogens (primary N) is 1. The number of carbonyl (C=O) groups excluding carboxylic acids is 2. The normalized spacial score (nSPS) is 14.4. The van der Waals surface area contributed by atoms with Gasteiger partial charge in [0.2, 0.25) is 11.8 Å². The number of carbonyl (C=O) groups is 2. The van der Waals surface area contributed by atoms with Gasteiger partial charge in [0, 0.05) is 5.56 Å². The third-order valence-corrected chi connectivity index (χ3v) is 3.30. The zero-order valence-corrected chi connectivity index (χ0v) is 12.7. The zero-order chi connectivity index (χ0) is 17.8. The molecule has 2 amide bonds. The van der Waals surface area contributed by atoms with E-state index in [1.54, 1.807) is 6.07 Å². The van der Waals surface area contributed by atoms with Crippen molar-refractivity contribution in [2.45, 2.75) is 38.6 Å². The van der Waals surface area contributed by atoms with E-state index in [1.165, 1.54) is 32.0 Å². The molecular weight excluding hydrogens is 313 g/mol. The summed E-state index contributed by atoms with van der Waals surface area (Å²) in [4.78, 5) is 23.0. The second-order valence-electron chi connectivity index (χ2n) is 5.57. The Labute approximate surface area is 131 Å². The number of hydrogen-bond donors (Lipinski definition) is 3. The highest BCUT2D eigenvalue weighted by molar-refractivity contribution is 5.93. The fourth-order valence-corrected chi connectivity index (χ4v) is 2.07. The molecule has 0 aliphatic rings. The van der Waals surface area contributed by atoms with Gasteiger partial charge in [-0.2, -0.15) is 13.2 Å². The summed E-state index contributed by atoms with van der Waals surface area (Å²) in [5.41, 5.74) is 5.76. The Morgan fingerprint density at radius 3 is 2.39 bits per heavy atom. The average Bonchev–Trinajstić information content (AvgIpc) is 2.43. The lowest BCUT2D eigenvalue weighted by molar-refractivity contribution is -0.215. The van der Waals surface area contributed by atoms with Crippen LogP contribution in [0.2, 0.25) is 0 Å². The van der Waals surface area contributed by atoms with Gasteiger partial charge in [-0.05, 0) is 23.6 Å². The van der Waals surface area contributed by atoms with E-state index in [-0.39, 0.29) is 12.0 Å². The molecule has 0 aromatic heterocycles. The molecule has 0 bridgehead atoms. The predicted octanol–water partition coefficient (Wildman–Crippen LogP) is 1.39. The standard InChI is InChI=1S/C15H19F3N2O3/c1-8(2)12(13(22)15(16,17)18)20-11(21)7-9-4-3-5-10(6-9)14(19)23/h3-6,8,12-13,22H,7H2,1-2H3,(H2,19,23)(H,20,21)/t12-,13-/m0/s1. The van der Waals surface area contributed by atoms with Crippen LogP contribution in [0.1, 0.15) is 29.8 Å². The number of hydrogen-bond acceptors (Lipinski definition) is 3. The lowest BCUT2D eigenvalue weighted by atomic mass is 9.97. The molecular formula is C15H19F3N2O3. The van der Waals surface area contributed by atoms with E-state index in [0.29, 0.717) is 5.56 Å². The van der Waals surface area contributed by atoms with Crippen molar-refractivity contribution in [3.63, 3.8) is 0 Å². The summed E-state index contributed by atoms with van der Waals surface area (Å²) in [6.45, 7) is 2.93. The zero-order valence-electron chi connectivity index (χ0n) is 12.7. The first-order chi connectivity index (χ1) is 10.5. The molecule has 23 heavy (non-hydrogen) atoms. The average molecular weight is 332 g/mol.